The average Bonchev–Trinajstić information content (AvgIpc) is 3.57. The number of Topliss-reactive ketones (excluding diaryl/α,β-unsaturated/α-hetero) is 1. The Hall–Kier alpha value is -2.74. The van der Waals surface area contributed by atoms with E-state index in [1.807, 2.05) is 0 Å². The molecule has 5 rings (SSSR count). The second-order valence-electron chi connectivity index (χ2n) is 13.5. The van der Waals surface area contributed by atoms with Crippen molar-refractivity contribution in [3.05, 3.63) is 53.3 Å². The predicted octanol–water partition coefficient (Wildman–Crippen LogP) is 7.95. The molecular formula is C35H46FNO5S. The molecule has 3 saturated carbocycles. The van der Waals surface area contributed by atoms with Gasteiger partial charge in [0.1, 0.15) is 17.3 Å². The van der Waals surface area contributed by atoms with Gasteiger partial charge in [0.2, 0.25) is 10.0 Å². The molecule has 0 aliphatic heterocycles. The first kappa shape index (κ1) is 31.7. The van der Waals surface area contributed by atoms with Crippen molar-refractivity contribution in [2.75, 3.05) is 6.26 Å². The molecular weight excluding hydrogens is 565 g/mol. The third-order valence-electron chi connectivity index (χ3n) is 10.4. The average molecular weight is 612 g/mol. The Kier molecular flexibility index (Phi) is 9.64. The first-order chi connectivity index (χ1) is 20.5. The minimum atomic E-state index is -3.82. The molecule has 43 heavy (non-hydrogen) atoms. The van der Waals surface area contributed by atoms with Gasteiger partial charge in [0, 0.05) is 17.9 Å². The monoisotopic (exact) mass is 611 g/mol. The van der Waals surface area contributed by atoms with Gasteiger partial charge in [0.25, 0.3) is 5.91 Å². The number of nitrogens with one attached hydrogen (secondary N) is 1. The van der Waals surface area contributed by atoms with Gasteiger partial charge in [-0.3, -0.25) is 9.59 Å². The molecule has 2 aromatic rings. The zero-order valence-corrected chi connectivity index (χ0v) is 26.6. The van der Waals surface area contributed by atoms with Crippen LogP contribution in [-0.4, -0.2) is 32.5 Å². The standard InChI is InChI=1S/C35H46FNO5S/c1-4-35(18-5-6-19-35)22-23(2)30(38)21-24-16-17-26(20-24)42-31-15-9-13-28(34(39)37-43(3,40)41)33(31)27-12-8-14-29(36)32(27)25-10-7-11-25/h8-9,12-15,23-26H,4-7,10-11,16-22H2,1-3H3,(H,37,39)/t23?,24-,26-/m1/s1. The number of ketones is 1. The summed E-state index contributed by atoms with van der Waals surface area (Å²) >= 11 is 0. The zero-order chi connectivity index (χ0) is 30.8. The number of rotatable bonds is 12. The summed E-state index contributed by atoms with van der Waals surface area (Å²) in [5.41, 5.74) is 1.99. The molecule has 3 aliphatic rings. The molecule has 3 fully saturated rings. The topological polar surface area (TPSA) is 89.5 Å². The molecule has 3 atom stereocenters. The highest BCUT2D eigenvalue weighted by Crippen LogP contribution is 2.48. The van der Waals surface area contributed by atoms with Crippen LogP contribution >= 0.6 is 0 Å². The number of halogens is 1. The molecule has 0 radical (unpaired) electrons. The van der Waals surface area contributed by atoms with Crippen LogP contribution in [0.4, 0.5) is 4.39 Å². The fourth-order valence-electron chi connectivity index (χ4n) is 7.76. The highest BCUT2D eigenvalue weighted by Gasteiger charge is 2.37. The van der Waals surface area contributed by atoms with E-state index < -0.39 is 15.9 Å². The number of ether oxygens (including phenoxy) is 1. The Bertz CT molecular complexity index is 1440. The Morgan fingerprint density at radius 1 is 1.05 bits per heavy atom. The summed E-state index contributed by atoms with van der Waals surface area (Å²) in [6.45, 7) is 4.35. The van der Waals surface area contributed by atoms with E-state index in [0.29, 0.717) is 40.1 Å². The lowest BCUT2D eigenvalue weighted by atomic mass is 9.74. The van der Waals surface area contributed by atoms with Crippen LogP contribution < -0.4 is 9.46 Å². The summed E-state index contributed by atoms with van der Waals surface area (Å²) in [5.74, 6) is 0.00742. The van der Waals surface area contributed by atoms with Gasteiger partial charge in [-0.1, -0.05) is 57.7 Å². The van der Waals surface area contributed by atoms with E-state index in [0.717, 1.165) is 57.6 Å². The van der Waals surface area contributed by atoms with Crippen LogP contribution in [0, 0.1) is 23.1 Å². The van der Waals surface area contributed by atoms with Crippen molar-refractivity contribution in [2.24, 2.45) is 17.3 Å². The molecule has 0 heterocycles. The van der Waals surface area contributed by atoms with Crippen LogP contribution in [0.25, 0.3) is 11.1 Å². The van der Waals surface area contributed by atoms with Crippen molar-refractivity contribution < 1.29 is 27.1 Å². The van der Waals surface area contributed by atoms with Gasteiger partial charge in [-0.25, -0.2) is 17.5 Å². The van der Waals surface area contributed by atoms with Crippen LogP contribution in [0.2, 0.25) is 0 Å². The number of hydrogen-bond donors (Lipinski definition) is 1. The molecule has 0 spiro atoms. The quantitative estimate of drug-likeness (QED) is 0.263. The largest absolute Gasteiger partial charge is 0.490 e. The van der Waals surface area contributed by atoms with Gasteiger partial charge in [-0.15, -0.1) is 0 Å². The molecule has 0 saturated heterocycles. The number of carbonyl (C=O) groups excluding carboxylic acids is 2. The van der Waals surface area contributed by atoms with Gasteiger partial charge in [0.05, 0.1) is 17.9 Å². The van der Waals surface area contributed by atoms with Crippen LogP contribution in [0.15, 0.2) is 36.4 Å². The van der Waals surface area contributed by atoms with E-state index in [1.54, 1.807) is 30.3 Å². The SMILES string of the molecule is CCC1(CC(C)C(=O)C[C@@H]2CC[C@@H](Oc3cccc(C(=O)NS(C)(=O)=O)c3-c3cccc(F)c3C3CCC3)C2)CCCC1. The van der Waals surface area contributed by atoms with Crippen molar-refractivity contribution in [2.45, 2.75) is 109 Å². The fourth-order valence-corrected chi connectivity index (χ4v) is 8.21. The third-order valence-corrected chi connectivity index (χ3v) is 10.9. The maximum atomic E-state index is 15.3. The second-order valence-corrected chi connectivity index (χ2v) is 15.2. The number of hydrogen-bond acceptors (Lipinski definition) is 5. The number of carbonyl (C=O) groups is 2. The Balaban J connectivity index is 1.36. The Morgan fingerprint density at radius 3 is 2.42 bits per heavy atom. The van der Waals surface area contributed by atoms with E-state index in [9.17, 15) is 18.0 Å². The van der Waals surface area contributed by atoms with Gasteiger partial charge in [-0.2, -0.15) is 0 Å². The molecule has 234 valence electrons. The van der Waals surface area contributed by atoms with Gasteiger partial charge >= 0.3 is 0 Å². The molecule has 8 heteroatoms. The van der Waals surface area contributed by atoms with Crippen molar-refractivity contribution in [3.8, 4) is 16.9 Å². The van der Waals surface area contributed by atoms with Crippen molar-refractivity contribution in [1.29, 1.82) is 0 Å². The number of benzene rings is 2. The van der Waals surface area contributed by atoms with Crippen LogP contribution in [0.5, 0.6) is 5.75 Å². The molecule has 0 aromatic heterocycles. The highest BCUT2D eigenvalue weighted by atomic mass is 32.2. The van der Waals surface area contributed by atoms with Crippen LogP contribution in [-0.2, 0) is 14.8 Å². The maximum absolute atomic E-state index is 15.3. The summed E-state index contributed by atoms with van der Waals surface area (Å²) < 4.78 is 47.9. The summed E-state index contributed by atoms with van der Waals surface area (Å²) in [4.78, 5) is 26.5. The normalized spacial score (nSPS) is 22.6. The van der Waals surface area contributed by atoms with Gasteiger partial charge < -0.3 is 4.74 Å². The maximum Gasteiger partial charge on any atom is 0.265 e. The molecule has 0 bridgehead atoms. The smallest absolute Gasteiger partial charge is 0.265 e. The van der Waals surface area contributed by atoms with Crippen molar-refractivity contribution >= 4 is 21.7 Å². The van der Waals surface area contributed by atoms with E-state index in [2.05, 4.69) is 18.6 Å². The van der Waals surface area contributed by atoms with Crippen molar-refractivity contribution in [3.63, 3.8) is 0 Å². The first-order valence-corrected chi connectivity index (χ1v) is 18.0. The third kappa shape index (κ3) is 7.33. The van der Waals surface area contributed by atoms with E-state index >= 15 is 4.39 Å². The lowest BCUT2D eigenvalue weighted by Gasteiger charge is -2.30. The van der Waals surface area contributed by atoms with Crippen LogP contribution in [0.3, 0.4) is 0 Å². The molecule has 2 aromatic carbocycles. The summed E-state index contributed by atoms with van der Waals surface area (Å²) in [7, 11) is -3.82. The first-order valence-electron chi connectivity index (χ1n) is 16.1. The minimum absolute atomic E-state index is 0.0371. The minimum Gasteiger partial charge on any atom is -0.490 e. The van der Waals surface area contributed by atoms with E-state index in [1.165, 1.54) is 31.7 Å². The lowest BCUT2D eigenvalue weighted by Crippen LogP contribution is -2.30. The van der Waals surface area contributed by atoms with E-state index in [4.69, 9.17) is 4.74 Å². The Morgan fingerprint density at radius 2 is 1.77 bits per heavy atom. The Labute approximate surface area is 256 Å². The summed E-state index contributed by atoms with van der Waals surface area (Å²) in [5, 5.41) is 0. The molecule has 1 unspecified atom stereocenters. The second kappa shape index (κ2) is 13.1. The molecule has 6 nitrogen and oxygen atoms in total. The molecule has 3 aliphatic carbocycles. The summed E-state index contributed by atoms with van der Waals surface area (Å²) in [6.07, 6.45) is 13.6. The molecule has 1 N–H and O–H groups in total. The molecule has 1 amide bonds. The zero-order valence-electron chi connectivity index (χ0n) is 25.8. The van der Waals surface area contributed by atoms with Crippen LogP contribution in [0.1, 0.15) is 119 Å². The predicted molar refractivity (Wildman–Crippen MR) is 167 cm³/mol. The lowest BCUT2D eigenvalue weighted by molar-refractivity contribution is -0.124. The highest BCUT2D eigenvalue weighted by molar-refractivity contribution is 7.89. The van der Waals surface area contributed by atoms with E-state index in [-0.39, 0.29) is 35.2 Å². The van der Waals surface area contributed by atoms with Crippen molar-refractivity contribution in [1.82, 2.24) is 4.72 Å². The number of amides is 1. The number of sulfonamides is 1. The van der Waals surface area contributed by atoms with Gasteiger partial charge in [0.15, 0.2) is 0 Å². The summed E-state index contributed by atoms with van der Waals surface area (Å²) in [6, 6.07) is 9.85. The fraction of sp³-hybridized carbons (Fsp3) is 0.600. The van der Waals surface area contributed by atoms with Gasteiger partial charge in [-0.05, 0) is 97.9 Å².